The van der Waals surface area contributed by atoms with Crippen LogP contribution in [0, 0.1) is 13.8 Å². The van der Waals surface area contributed by atoms with E-state index in [1.165, 1.54) is 11.7 Å². The van der Waals surface area contributed by atoms with Crippen molar-refractivity contribution in [2.24, 2.45) is 0 Å². The number of carbonyl (C=O) groups is 1. The molecule has 25 heavy (non-hydrogen) atoms. The quantitative estimate of drug-likeness (QED) is 0.489. The van der Waals surface area contributed by atoms with Gasteiger partial charge in [0, 0.05) is 0 Å². The van der Waals surface area contributed by atoms with Crippen LogP contribution in [0.5, 0.6) is 0 Å². The van der Waals surface area contributed by atoms with E-state index >= 15 is 0 Å². The molecule has 0 spiro atoms. The number of anilines is 1. The zero-order valence-corrected chi connectivity index (χ0v) is 14.3. The number of hydrogen-bond donors (Lipinski definition) is 5. The molecule has 2 aromatic rings. The van der Waals surface area contributed by atoms with E-state index in [4.69, 9.17) is 5.11 Å². The van der Waals surface area contributed by atoms with Crippen LogP contribution in [0.4, 0.5) is 10.7 Å². The van der Waals surface area contributed by atoms with E-state index in [0.717, 1.165) is 11.1 Å². The Balaban J connectivity index is 2.45. The maximum atomic E-state index is 11.5. The summed E-state index contributed by atoms with van der Waals surface area (Å²) in [6.45, 7) is 3.00. The molecule has 1 amide bonds. The van der Waals surface area contributed by atoms with E-state index in [9.17, 15) is 20.1 Å². The number of ether oxygens (including phenoxy) is 1. The van der Waals surface area contributed by atoms with Crippen LogP contribution >= 0.6 is 0 Å². The van der Waals surface area contributed by atoms with E-state index in [1.807, 2.05) is 26.0 Å². The smallest absolute Gasteiger partial charge is 0.413 e. The molecule has 138 valence electrons. The highest BCUT2D eigenvalue weighted by Crippen LogP contribution is 2.24. The Morgan fingerprint density at radius 3 is 2.48 bits per heavy atom. The van der Waals surface area contributed by atoms with Crippen LogP contribution in [0.2, 0.25) is 0 Å². The predicted molar refractivity (Wildman–Crippen MR) is 90.3 cm³/mol. The Labute approximate surface area is 144 Å². The summed E-state index contributed by atoms with van der Waals surface area (Å²) in [6, 6.07) is 3.69. The molecule has 0 saturated heterocycles. The van der Waals surface area contributed by atoms with Crippen LogP contribution in [0.1, 0.15) is 11.1 Å². The third-order valence-electron chi connectivity index (χ3n) is 4.11. The minimum absolute atomic E-state index is 0.136. The summed E-state index contributed by atoms with van der Waals surface area (Å²) in [5.74, 6) is 0.136. The van der Waals surface area contributed by atoms with E-state index in [1.54, 1.807) is 0 Å². The fourth-order valence-corrected chi connectivity index (χ4v) is 2.46. The number of benzene rings is 1. The van der Waals surface area contributed by atoms with Gasteiger partial charge in [0.05, 0.1) is 31.3 Å². The molecule has 0 unspecified atom stereocenters. The molecule has 0 bridgehead atoms. The van der Waals surface area contributed by atoms with E-state index in [2.05, 4.69) is 15.0 Å². The summed E-state index contributed by atoms with van der Waals surface area (Å²) < 4.78 is 6.08. The highest BCUT2D eigenvalue weighted by atomic mass is 16.5. The number of hydrogen-bond acceptors (Lipinski definition) is 7. The molecule has 9 nitrogen and oxygen atoms in total. The molecule has 0 saturated carbocycles. The van der Waals surface area contributed by atoms with Crippen molar-refractivity contribution in [3.05, 3.63) is 23.3 Å². The lowest BCUT2D eigenvalue weighted by atomic mass is 10.1. The lowest BCUT2D eigenvalue weighted by Crippen LogP contribution is -2.41. The van der Waals surface area contributed by atoms with Crippen LogP contribution in [0.15, 0.2) is 12.1 Å². The Hall–Kier alpha value is -2.20. The summed E-state index contributed by atoms with van der Waals surface area (Å²) in [6.07, 6.45) is -5.15. The van der Waals surface area contributed by atoms with Crippen molar-refractivity contribution >= 4 is 23.1 Å². The zero-order valence-electron chi connectivity index (χ0n) is 14.3. The lowest BCUT2D eigenvalue weighted by molar-refractivity contribution is -0.0801. The van der Waals surface area contributed by atoms with Gasteiger partial charge in [-0.25, -0.2) is 9.78 Å². The van der Waals surface area contributed by atoms with Crippen LogP contribution in [0.3, 0.4) is 0 Å². The molecule has 1 aromatic carbocycles. The van der Waals surface area contributed by atoms with Crippen molar-refractivity contribution < 1.29 is 30.0 Å². The summed E-state index contributed by atoms with van der Waals surface area (Å²) in [4.78, 5) is 15.9. The molecule has 0 aliphatic heterocycles. The molecule has 3 atom stereocenters. The van der Waals surface area contributed by atoms with Crippen LogP contribution < -0.4 is 5.32 Å². The van der Waals surface area contributed by atoms with Gasteiger partial charge in [0.25, 0.3) is 0 Å². The highest BCUT2D eigenvalue weighted by molar-refractivity contribution is 5.87. The maximum absolute atomic E-state index is 11.5. The molecule has 0 radical (unpaired) electrons. The summed E-state index contributed by atoms with van der Waals surface area (Å²) in [7, 11) is 1.22. The van der Waals surface area contributed by atoms with Crippen molar-refractivity contribution in [2.45, 2.75) is 38.7 Å². The van der Waals surface area contributed by atoms with Gasteiger partial charge in [0.2, 0.25) is 5.95 Å². The standard InChI is InChI=1S/C16H23N3O6/c1-8-4-10-11(5-9(8)2)19(15(17-10)18-16(24)25-3)6-12(21)14(23)13(22)7-20/h4-5,12-14,20-23H,6-7H2,1-3H3,(H,17,18,24)/t12-,13-,14-/m1/s1. The maximum Gasteiger partial charge on any atom is 0.413 e. The molecular weight excluding hydrogens is 330 g/mol. The van der Waals surface area contributed by atoms with E-state index < -0.39 is 31.0 Å². The van der Waals surface area contributed by atoms with Gasteiger partial charge in [0.15, 0.2) is 0 Å². The topological polar surface area (TPSA) is 137 Å². The molecule has 0 aliphatic carbocycles. The third kappa shape index (κ3) is 4.07. The average Bonchev–Trinajstić information content (AvgIpc) is 2.90. The number of fused-ring (bicyclic) bond motifs is 1. The number of aliphatic hydroxyl groups is 4. The van der Waals surface area contributed by atoms with Crippen LogP contribution in [-0.2, 0) is 11.3 Å². The summed E-state index contributed by atoms with van der Waals surface area (Å²) in [5, 5.41) is 40.9. The predicted octanol–water partition coefficient (Wildman–Crippen LogP) is -0.0936. The van der Waals surface area contributed by atoms with Gasteiger partial charge in [0.1, 0.15) is 18.3 Å². The van der Waals surface area contributed by atoms with Gasteiger partial charge in [-0.05, 0) is 37.1 Å². The minimum Gasteiger partial charge on any atom is -0.453 e. The van der Waals surface area contributed by atoms with Gasteiger partial charge in [-0.15, -0.1) is 0 Å². The molecule has 5 N–H and O–H groups in total. The number of nitrogens with one attached hydrogen (secondary N) is 1. The summed E-state index contributed by atoms with van der Waals surface area (Å²) in [5.41, 5.74) is 3.24. The van der Waals surface area contributed by atoms with Crippen molar-refractivity contribution in [2.75, 3.05) is 19.0 Å². The highest BCUT2D eigenvalue weighted by Gasteiger charge is 2.26. The average molecular weight is 353 g/mol. The molecule has 0 fully saturated rings. The first kappa shape index (κ1) is 19.1. The second-order valence-electron chi connectivity index (χ2n) is 5.90. The first-order valence-electron chi connectivity index (χ1n) is 7.76. The van der Waals surface area contributed by atoms with Crippen molar-refractivity contribution in [3.63, 3.8) is 0 Å². The number of nitrogens with zero attached hydrogens (tertiary/aromatic N) is 2. The van der Waals surface area contributed by atoms with Gasteiger partial charge >= 0.3 is 6.09 Å². The number of aromatic nitrogens is 2. The van der Waals surface area contributed by atoms with Gasteiger partial charge in [-0.1, -0.05) is 0 Å². The van der Waals surface area contributed by atoms with Crippen LogP contribution in [0.25, 0.3) is 11.0 Å². The van der Waals surface area contributed by atoms with Crippen LogP contribution in [-0.4, -0.2) is 68.1 Å². The SMILES string of the molecule is COC(=O)Nc1nc2cc(C)c(C)cc2n1C[C@@H](O)[C@@H](O)[C@H](O)CO. The second-order valence-corrected chi connectivity index (χ2v) is 5.90. The second kappa shape index (κ2) is 7.79. The van der Waals surface area contributed by atoms with Gasteiger partial charge < -0.3 is 29.7 Å². The number of aryl methyl sites for hydroxylation is 2. The number of rotatable bonds is 6. The Morgan fingerprint density at radius 2 is 1.88 bits per heavy atom. The van der Waals surface area contributed by atoms with Crippen molar-refractivity contribution in [1.82, 2.24) is 9.55 Å². The fourth-order valence-electron chi connectivity index (χ4n) is 2.46. The Morgan fingerprint density at radius 1 is 1.24 bits per heavy atom. The van der Waals surface area contributed by atoms with Gasteiger partial charge in [-0.2, -0.15) is 0 Å². The summed E-state index contributed by atoms with van der Waals surface area (Å²) >= 11 is 0. The normalized spacial score (nSPS) is 15.0. The van der Waals surface area contributed by atoms with Crippen molar-refractivity contribution in [3.8, 4) is 0 Å². The van der Waals surface area contributed by atoms with Crippen molar-refractivity contribution in [1.29, 1.82) is 0 Å². The first-order valence-corrected chi connectivity index (χ1v) is 7.76. The zero-order chi connectivity index (χ0) is 18.7. The number of aliphatic hydroxyl groups excluding tert-OH is 4. The molecule has 1 aromatic heterocycles. The number of imidazole rings is 1. The number of methoxy groups -OCH3 is 1. The number of amides is 1. The van der Waals surface area contributed by atoms with E-state index in [0.29, 0.717) is 11.0 Å². The molecular formula is C16H23N3O6. The monoisotopic (exact) mass is 353 g/mol. The first-order chi connectivity index (χ1) is 11.8. The largest absolute Gasteiger partial charge is 0.453 e. The molecule has 9 heteroatoms. The lowest BCUT2D eigenvalue weighted by Gasteiger charge is -2.22. The fraction of sp³-hybridized carbons (Fsp3) is 0.500. The number of carbonyl (C=O) groups excluding carboxylic acids is 1. The Kier molecular flexibility index (Phi) is 5.96. The van der Waals surface area contributed by atoms with Gasteiger partial charge in [-0.3, -0.25) is 5.32 Å². The minimum atomic E-state index is -1.56. The molecule has 0 aliphatic rings. The van der Waals surface area contributed by atoms with E-state index in [-0.39, 0.29) is 12.5 Å². The third-order valence-corrected chi connectivity index (χ3v) is 4.11. The molecule has 1 heterocycles. The Bertz CT molecular complexity index is 760. The molecule has 2 rings (SSSR count).